The van der Waals surface area contributed by atoms with Crippen LogP contribution < -0.4 is 5.32 Å². The molecule has 2 aromatic rings. The fraction of sp³-hybridized carbons (Fsp3) is 0.389. The number of thioether (sulfide) groups is 1. The maximum Gasteiger partial charge on any atom is 0.254 e. The van der Waals surface area contributed by atoms with E-state index in [-0.39, 0.29) is 11.9 Å². The van der Waals surface area contributed by atoms with Gasteiger partial charge in [0, 0.05) is 31.8 Å². The van der Waals surface area contributed by atoms with E-state index >= 15 is 0 Å². The Morgan fingerprint density at radius 1 is 1.29 bits per heavy atom. The van der Waals surface area contributed by atoms with Gasteiger partial charge >= 0.3 is 0 Å². The summed E-state index contributed by atoms with van der Waals surface area (Å²) in [7, 11) is 0. The van der Waals surface area contributed by atoms with Gasteiger partial charge in [-0.15, -0.1) is 11.8 Å². The van der Waals surface area contributed by atoms with E-state index < -0.39 is 0 Å². The molecule has 0 bridgehead atoms. The van der Waals surface area contributed by atoms with Gasteiger partial charge in [0.05, 0.1) is 11.6 Å². The number of nitrogens with one attached hydrogen (secondary N) is 1. The minimum Gasteiger partial charge on any atom is -0.381 e. The summed E-state index contributed by atoms with van der Waals surface area (Å²) < 4.78 is 5.47. The van der Waals surface area contributed by atoms with Crippen LogP contribution in [0.25, 0.3) is 0 Å². The van der Waals surface area contributed by atoms with Crippen LogP contribution in [0.3, 0.4) is 0 Å². The van der Waals surface area contributed by atoms with E-state index in [0.29, 0.717) is 11.5 Å². The van der Waals surface area contributed by atoms with Crippen molar-refractivity contribution in [3.63, 3.8) is 0 Å². The van der Waals surface area contributed by atoms with Crippen LogP contribution in [0, 0.1) is 5.92 Å². The highest BCUT2D eigenvalue weighted by Gasteiger charge is 2.28. The lowest BCUT2D eigenvalue weighted by Gasteiger charge is -2.31. The third kappa shape index (κ3) is 3.94. The Hall–Kier alpha value is -1.92. The van der Waals surface area contributed by atoms with E-state index in [1.165, 1.54) is 11.8 Å². The molecule has 6 heteroatoms. The molecule has 1 aliphatic heterocycles. The van der Waals surface area contributed by atoms with Crippen molar-refractivity contribution in [2.24, 2.45) is 5.92 Å². The lowest BCUT2D eigenvalue weighted by atomic mass is 9.87. The Labute approximate surface area is 146 Å². The lowest BCUT2D eigenvalue weighted by molar-refractivity contribution is 0.0513. The first kappa shape index (κ1) is 16.9. The molecule has 0 radical (unpaired) electrons. The highest BCUT2D eigenvalue weighted by Crippen LogP contribution is 2.30. The number of carbonyl (C=O) groups excluding carboxylic acids is 1. The minimum atomic E-state index is -0.0900. The number of carbonyl (C=O) groups is 1. The van der Waals surface area contributed by atoms with E-state index in [0.717, 1.165) is 36.6 Å². The molecule has 126 valence electrons. The number of nitrogens with zero attached hydrogens (tertiary/aromatic N) is 2. The van der Waals surface area contributed by atoms with Gasteiger partial charge in [0.15, 0.2) is 0 Å². The second-order valence-electron chi connectivity index (χ2n) is 5.75. The number of hydrogen-bond donors (Lipinski definition) is 1. The first-order valence-corrected chi connectivity index (χ1v) is 9.29. The van der Waals surface area contributed by atoms with Gasteiger partial charge in [-0.05, 0) is 48.8 Å². The van der Waals surface area contributed by atoms with Crippen molar-refractivity contribution in [1.82, 2.24) is 15.3 Å². The summed E-state index contributed by atoms with van der Waals surface area (Å²) in [6.45, 7) is 1.47. The standard InChI is InChI=1S/C18H21N3O2S/c1-24-18-15(5-3-9-20-18)17(22)21-16(13-6-10-23-11-7-13)14-4-2-8-19-12-14/h2-5,8-9,12-13,16H,6-7,10-11H2,1H3,(H,21,22)/t16-/m0/s1. The average molecular weight is 343 g/mol. The van der Waals surface area contributed by atoms with Gasteiger partial charge < -0.3 is 10.1 Å². The van der Waals surface area contributed by atoms with Gasteiger partial charge in [-0.2, -0.15) is 0 Å². The Kier molecular flexibility index (Phi) is 5.82. The van der Waals surface area contributed by atoms with Crippen molar-refractivity contribution in [2.45, 2.75) is 23.9 Å². The molecule has 3 heterocycles. The SMILES string of the molecule is CSc1ncccc1C(=O)N[C@H](c1cccnc1)C1CCOCC1. The zero-order valence-electron chi connectivity index (χ0n) is 13.6. The molecule has 1 amide bonds. The smallest absolute Gasteiger partial charge is 0.254 e. The Balaban J connectivity index is 1.84. The molecule has 0 spiro atoms. The van der Waals surface area contributed by atoms with Crippen molar-refractivity contribution in [3.05, 3.63) is 54.0 Å². The van der Waals surface area contributed by atoms with Gasteiger partial charge in [0.1, 0.15) is 5.03 Å². The molecule has 1 aliphatic rings. The summed E-state index contributed by atoms with van der Waals surface area (Å²) in [5, 5.41) is 3.95. The van der Waals surface area contributed by atoms with Crippen molar-refractivity contribution >= 4 is 17.7 Å². The zero-order valence-corrected chi connectivity index (χ0v) is 14.5. The van der Waals surface area contributed by atoms with Gasteiger partial charge in [-0.1, -0.05) is 6.07 Å². The zero-order chi connectivity index (χ0) is 16.8. The lowest BCUT2D eigenvalue weighted by Crippen LogP contribution is -2.36. The van der Waals surface area contributed by atoms with E-state index in [1.807, 2.05) is 30.7 Å². The van der Waals surface area contributed by atoms with Gasteiger partial charge in [0.2, 0.25) is 0 Å². The van der Waals surface area contributed by atoms with Crippen LogP contribution in [0.4, 0.5) is 0 Å². The van der Waals surface area contributed by atoms with E-state index in [2.05, 4.69) is 15.3 Å². The van der Waals surface area contributed by atoms with Crippen LogP contribution in [0.5, 0.6) is 0 Å². The summed E-state index contributed by atoms with van der Waals surface area (Å²) in [5.41, 5.74) is 1.65. The molecule has 1 saturated heterocycles. The average Bonchev–Trinajstić information content (AvgIpc) is 2.67. The molecule has 1 N–H and O–H groups in total. The van der Waals surface area contributed by atoms with Crippen LogP contribution >= 0.6 is 11.8 Å². The molecule has 1 atom stereocenters. The number of hydrogen-bond acceptors (Lipinski definition) is 5. The maximum atomic E-state index is 12.8. The topological polar surface area (TPSA) is 64.1 Å². The third-order valence-corrected chi connectivity index (χ3v) is 4.99. The predicted molar refractivity (Wildman–Crippen MR) is 94.0 cm³/mol. The summed E-state index contributed by atoms with van der Waals surface area (Å²) >= 11 is 1.48. The first-order valence-electron chi connectivity index (χ1n) is 8.07. The highest BCUT2D eigenvalue weighted by atomic mass is 32.2. The van der Waals surface area contributed by atoms with E-state index in [1.54, 1.807) is 18.5 Å². The second-order valence-corrected chi connectivity index (χ2v) is 6.54. The van der Waals surface area contributed by atoms with Crippen molar-refractivity contribution in [3.8, 4) is 0 Å². The largest absolute Gasteiger partial charge is 0.381 e. The molecule has 3 rings (SSSR count). The number of aromatic nitrogens is 2. The molecular formula is C18H21N3O2S. The summed E-state index contributed by atoms with van der Waals surface area (Å²) in [5.74, 6) is 0.258. The molecule has 24 heavy (non-hydrogen) atoms. The number of ether oxygens (including phenoxy) is 1. The Morgan fingerprint density at radius 2 is 2.08 bits per heavy atom. The van der Waals surface area contributed by atoms with Crippen molar-refractivity contribution in [1.29, 1.82) is 0 Å². The first-order chi connectivity index (χ1) is 11.8. The number of amides is 1. The van der Waals surface area contributed by atoms with E-state index in [9.17, 15) is 4.79 Å². The van der Waals surface area contributed by atoms with Crippen molar-refractivity contribution in [2.75, 3.05) is 19.5 Å². The van der Waals surface area contributed by atoms with Crippen LogP contribution in [-0.2, 0) is 4.74 Å². The molecule has 0 saturated carbocycles. The van der Waals surface area contributed by atoms with Gasteiger partial charge in [-0.25, -0.2) is 4.98 Å². The fourth-order valence-corrected chi connectivity index (χ4v) is 3.57. The minimum absolute atomic E-state index is 0.0648. The van der Waals surface area contributed by atoms with Crippen LogP contribution in [-0.4, -0.2) is 35.3 Å². The fourth-order valence-electron chi connectivity index (χ4n) is 3.03. The predicted octanol–water partition coefficient (Wildman–Crippen LogP) is 3.10. The van der Waals surface area contributed by atoms with Gasteiger partial charge in [-0.3, -0.25) is 9.78 Å². The molecule has 5 nitrogen and oxygen atoms in total. The molecule has 2 aromatic heterocycles. The maximum absolute atomic E-state index is 12.8. The highest BCUT2D eigenvalue weighted by molar-refractivity contribution is 7.98. The summed E-state index contributed by atoms with van der Waals surface area (Å²) in [4.78, 5) is 21.3. The third-order valence-electron chi connectivity index (χ3n) is 4.28. The summed E-state index contributed by atoms with van der Waals surface area (Å²) in [6.07, 6.45) is 9.08. The Bertz CT molecular complexity index is 675. The van der Waals surface area contributed by atoms with Gasteiger partial charge in [0.25, 0.3) is 5.91 Å². The van der Waals surface area contributed by atoms with Crippen LogP contribution in [0.1, 0.15) is 34.8 Å². The van der Waals surface area contributed by atoms with Crippen molar-refractivity contribution < 1.29 is 9.53 Å². The van der Waals surface area contributed by atoms with Crippen LogP contribution in [0.2, 0.25) is 0 Å². The number of rotatable bonds is 5. The second kappa shape index (κ2) is 8.26. The molecule has 0 unspecified atom stereocenters. The molecule has 0 aliphatic carbocycles. The molecule has 1 fully saturated rings. The Morgan fingerprint density at radius 3 is 2.79 bits per heavy atom. The molecule has 0 aromatic carbocycles. The normalized spacial score (nSPS) is 16.5. The number of pyridine rings is 2. The van der Waals surface area contributed by atoms with E-state index in [4.69, 9.17) is 4.74 Å². The summed E-state index contributed by atoms with van der Waals surface area (Å²) in [6, 6.07) is 7.47. The monoisotopic (exact) mass is 343 g/mol. The quantitative estimate of drug-likeness (QED) is 0.845. The molecular weight excluding hydrogens is 322 g/mol. The van der Waals surface area contributed by atoms with Crippen LogP contribution in [0.15, 0.2) is 47.9 Å².